The summed E-state index contributed by atoms with van der Waals surface area (Å²) >= 11 is 0. The number of aryl methyl sites for hydroxylation is 6. The molecule has 0 unspecified atom stereocenters. The third kappa shape index (κ3) is 24.6. The summed E-state index contributed by atoms with van der Waals surface area (Å²) in [5.41, 5.74) is 32.6. The molecule has 5 radical (unpaired) electrons. The van der Waals surface area contributed by atoms with Crippen LogP contribution in [-0.4, -0.2) is 24.9 Å². The van der Waals surface area contributed by atoms with Gasteiger partial charge < -0.3 is 24.9 Å². The Bertz CT molecular complexity index is 5260. The zero-order valence-corrected chi connectivity index (χ0v) is 74.8. The van der Waals surface area contributed by atoms with E-state index in [0.717, 1.165) is 62.0 Å². The van der Waals surface area contributed by atoms with Crippen LogP contribution in [0.15, 0.2) is 316 Å². The average Bonchev–Trinajstić information content (AvgIpc) is 1.64. The Kier molecular flexibility index (Phi) is 33.6. The van der Waals surface area contributed by atoms with Gasteiger partial charge in [0, 0.05) is 131 Å². The molecule has 1 saturated carbocycles. The molecule has 5 nitrogen and oxygen atoms in total. The zero-order valence-electron chi connectivity index (χ0n) is 62.8. The molecule has 0 atom stereocenters. The van der Waals surface area contributed by atoms with Gasteiger partial charge in [-0.05, 0) is 151 Å². The third-order valence-electron chi connectivity index (χ3n) is 18.6. The number of nitrogens with zero attached hydrogens (tertiary/aromatic N) is 5. The summed E-state index contributed by atoms with van der Waals surface area (Å²) in [6.07, 6.45) is 10.2. The van der Waals surface area contributed by atoms with Gasteiger partial charge in [-0.25, -0.2) is 0 Å². The Morgan fingerprint density at radius 2 is 0.734 bits per heavy atom. The molecule has 0 spiro atoms. The fourth-order valence-electron chi connectivity index (χ4n) is 12.3. The Balaban J connectivity index is 0.000000188. The molecule has 0 amide bonds. The maximum absolute atomic E-state index is 4.62. The second-order valence-corrected chi connectivity index (χ2v) is 28.0. The molecule has 1 aliphatic rings. The van der Waals surface area contributed by atoms with Crippen LogP contribution in [-0.2, 0) is 111 Å². The van der Waals surface area contributed by atoms with E-state index >= 15 is 0 Å². The van der Waals surface area contributed by atoms with Crippen LogP contribution in [0.25, 0.3) is 112 Å². The van der Waals surface area contributed by atoms with E-state index in [0.29, 0.717) is 5.41 Å². The van der Waals surface area contributed by atoms with Gasteiger partial charge in [0.1, 0.15) is 0 Å². The quantitative estimate of drug-likeness (QED) is 0.121. The molecule has 0 N–H and O–H groups in total. The maximum Gasteiger partial charge on any atom is 0.0268 e. The van der Waals surface area contributed by atoms with E-state index in [1.165, 1.54) is 107 Å². The summed E-state index contributed by atoms with van der Waals surface area (Å²) in [6, 6.07) is 117. The molecule has 10 heteroatoms. The van der Waals surface area contributed by atoms with Gasteiger partial charge in [-0.2, -0.15) is 0 Å². The third-order valence-corrected chi connectivity index (χ3v) is 18.6. The summed E-state index contributed by atoms with van der Waals surface area (Å²) in [5.74, 6) is 0. The largest absolute Gasteiger partial charge is 0.305 e. The monoisotopic (exact) mass is 2310 g/mol. The van der Waals surface area contributed by atoms with Crippen molar-refractivity contribution in [2.45, 2.75) is 92.9 Å². The van der Waals surface area contributed by atoms with Crippen molar-refractivity contribution in [2.24, 2.45) is 0 Å². The van der Waals surface area contributed by atoms with Crippen LogP contribution < -0.4 is 0 Å². The fourth-order valence-corrected chi connectivity index (χ4v) is 12.3. The van der Waals surface area contributed by atoms with Gasteiger partial charge in [0.25, 0.3) is 0 Å². The molecule has 1 aliphatic carbocycles. The molecule has 0 aliphatic heterocycles. The van der Waals surface area contributed by atoms with Crippen molar-refractivity contribution < 1.29 is 101 Å². The standard InChI is InChI=1S/C21H18N.C21H20N.3C19H16N.5Ir/c1-21(11-12-21)19-10-13-22-20(15-19)18-9-5-8-17(14-18)16-6-3-2-4-7-16;1-21(2,3)19-12-13-20(22-15-19)18-11-7-10-17(14-18)16-8-5-4-6-9-16;1-14-11-15(2)13-18(12-14)16-6-8-17(9-7-16)19-5-3-4-10-20-19;1-14-11-19(20-13-15(14)2)18-10-6-9-17(12-18)16-7-4-3-5-8-16;1-14-11-15(2)20-19(12-14)18-10-6-9-17(13-18)16-7-4-3-5-8-16;;;;;/h2-8,10,13-15H,11-12H2,1H3;4-10,12-15H,1-3H3;3-8,10-13H,1-2H3;2*3-9,11-13H,1-2H3;;;;;/q5*-1;;;;;. The smallest absolute Gasteiger partial charge is 0.0268 e. The predicted octanol–water partition coefficient (Wildman–Crippen LogP) is 25.3. The van der Waals surface area contributed by atoms with Crippen molar-refractivity contribution in [2.75, 3.05) is 0 Å². The van der Waals surface area contributed by atoms with Gasteiger partial charge in [-0.1, -0.05) is 243 Å². The summed E-state index contributed by atoms with van der Waals surface area (Å²) in [5, 5.41) is 0. The van der Waals surface area contributed by atoms with Crippen LogP contribution >= 0.6 is 0 Å². The van der Waals surface area contributed by atoms with Gasteiger partial charge in [-0.3, -0.25) is 0 Å². The molecule has 0 bridgehead atoms. The Hall–Kier alpha value is -8.80. The van der Waals surface area contributed by atoms with Gasteiger partial charge in [0.05, 0.1) is 0 Å². The van der Waals surface area contributed by atoms with Crippen molar-refractivity contribution in [3.05, 3.63) is 391 Å². The van der Waals surface area contributed by atoms with Gasteiger partial charge >= 0.3 is 0 Å². The number of benzene rings is 10. The molecular weight excluding hydrogens is 2220 g/mol. The second-order valence-electron chi connectivity index (χ2n) is 28.0. The van der Waals surface area contributed by atoms with Gasteiger partial charge in [0.2, 0.25) is 0 Å². The number of hydrogen-bond acceptors (Lipinski definition) is 5. The number of hydrogen-bond donors (Lipinski definition) is 0. The first-order chi connectivity index (χ1) is 50.5. The van der Waals surface area contributed by atoms with E-state index in [4.69, 9.17) is 0 Å². The van der Waals surface area contributed by atoms with E-state index < -0.39 is 0 Å². The first-order valence-corrected chi connectivity index (χ1v) is 35.6. The van der Waals surface area contributed by atoms with Gasteiger partial charge in [0.15, 0.2) is 0 Å². The van der Waals surface area contributed by atoms with Crippen LogP contribution in [0, 0.1) is 71.9 Å². The molecule has 10 aromatic carbocycles. The Morgan fingerprint density at radius 3 is 1.15 bits per heavy atom. The molecular formula is C99H86Ir5N5-5. The van der Waals surface area contributed by atoms with Crippen molar-refractivity contribution in [1.29, 1.82) is 0 Å². The van der Waals surface area contributed by atoms with E-state index in [1.54, 1.807) is 6.20 Å². The molecule has 109 heavy (non-hydrogen) atoms. The van der Waals surface area contributed by atoms with Crippen LogP contribution in [0.2, 0.25) is 0 Å². The summed E-state index contributed by atoms with van der Waals surface area (Å²) in [4.78, 5) is 22.6. The Morgan fingerprint density at radius 1 is 0.303 bits per heavy atom. The molecule has 16 rings (SSSR count). The van der Waals surface area contributed by atoms with E-state index in [1.807, 2.05) is 98.3 Å². The number of rotatable bonds is 11. The maximum atomic E-state index is 4.62. The minimum absolute atomic E-state index is 0. The topological polar surface area (TPSA) is 64.5 Å². The van der Waals surface area contributed by atoms with Crippen molar-refractivity contribution in [3.8, 4) is 112 Å². The first-order valence-electron chi connectivity index (χ1n) is 35.6. The molecule has 1 fully saturated rings. The van der Waals surface area contributed by atoms with Crippen LogP contribution in [0.1, 0.15) is 85.2 Å². The van der Waals surface area contributed by atoms with Crippen molar-refractivity contribution in [1.82, 2.24) is 24.9 Å². The van der Waals surface area contributed by atoms with Crippen LogP contribution in [0.3, 0.4) is 0 Å². The number of aromatic nitrogens is 5. The SMILES string of the molecule is CC(C)(C)c1ccc(-c2[c-]ccc(-c3ccccc3)c2)nc1.CC1(c2ccnc(-c3[c-]ccc(-c4ccccc4)c3)c2)CC1.Cc1cc(C)cc(-c2c[c-]c(-c3ccccn3)cc2)c1.Cc1cc(C)nc(-c2[c-]ccc(-c3ccccc3)c2)c1.Cc1cnc(-c2[c-]ccc(-c3ccccc3)c2)cc1C.[Ir].[Ir].[Ir].[Ir].[Ir]. The molecule has 0 saturated heterocycles. The molecule has 557 valence electrons. The van der Waals surface area contributed by atoms with Gasteiger partial charge in [-0.15, -0.1) is 171 Å². The predicted molar refractivity (Wildman–Crippen MR) is 433 cm³/mol. The van der Waals surface area contributed by atoms with E-state index in [2.05, 4.69) is 336 Å². The fraction of sp³-hybridized carbons (Fsp3) is 0.141. The van der Waals surface area contributed by atoms with Crippen molar-refractivity contribution >= 4 is 0 Å². The van der Waals surface area contributed by atoms with Crippen molar-refractivity contribution in [3.63, 3.8) is 0 Å². The summed E-state index contributed by atoms with van der Waals surface area (Å²) in [6.45, 7) is 21.5. The normalized spacial score (nSPS) is 11.2. The minimum Gasteiger partial charge on any atom is -0.305 e. The summed E-state index contributed by atoms with van der Waals surface area (Å²) in [7, 11) is 0. The van der Waals surface area contributed by atoms with E-state index in [9.17, 15) is 0 Å². The molecule has 5 aromatic heterocycles. The minimum atomic E-state index is 0. The Labute approximate surface area is 714 Å². The average molecular weight is 2310 g/mol. The molecule has 5 heterocycles. The van der Waals surface area contributed by atoms with Crippen LogP contribution in [0.4, 0.5) is 0 Å². The van der Waals surface area contributed by atoms with E-state index in [-0.39, 0.29) is 106 Å². The first kappa shape index (κ1) is 87.4. The zero-order chi connectivity index (χ0) is 72.4. The second kappa shape index (κ2) is 41.8. The molecule has 15 aromatic rings. The number of pyridine rings is 5. The summed E-state index contributed by atoms with van der Waals surface area (Å²) < 4.78 is 0. The van der Waals surface area contributed by atoms with Crippen LogP contribution in [0.5, 0.6) is 0 Å².